The Hall–Kier alpha value is -1.15. The first-order valence-corrected chi connectivity index (χ1v) is 5.36. The van der Waals surface area contributed by atoms with Crippen LogP contribution in [0.3, 0.4) is 0 Å². The van der Waals surface area contributed by atoms with Crippen molar-refractivity contribution in [3.05, 3.63) is 47.8 Å². The molecule has 0 fully saturated rings. The van der Waals surface area contributed by atoms with Gasteiger partial charge in [-0.05, 0) is 31.2 Å². The number of benzene rings is 1. The van der Waals surface area contributed by atoms with Crippen LogP contribution in [0.25, 0.3) is 0 Å². The topological polar surface area (TPSA) is 20.2 Å². The van der Waals surface area contributed by atoms with E-state index in [4.69, 9.17) is 0 Å². The molecule has 1 aromatic rings. The predicted molar refractivity (Wildman–Crippen MR) is 57.8 cm³/mol. The summed E-state index contributed by atoms with van der Waals surface area (Å²) in [6, 6.07) is 6.47. The quantitative estimate of drug-likeness (QED) is 0.737. The number of hydrogen-bond acceptors (Lipinski definition) is 1. The molecule has 80 valence electrons. The van der Waals surface area contributed by atoms with Gasteiger partial charge in [-0.25, -0.2) is 4.39 Å². The first-order chi connectivity index (χ1) is 7.29. The molecule has 1 aromatic carbocycles. The van der Waals surface area contributed by atoms with E-state index in [0.29, 0.717) is 5.56 Å². The molecule has 2 atom stereocenters. The molecule has 1 aliphatic rings. The summed E-state index contributed by atoms with van der Waals surface area (Å²) >= 11 is 0. The third-order valence-electron chi connectivity index (χ3n) is 2.98. The van der Waals surface area contributed by atoms with Crippen LogP contribution in [-0.4, -0.2) is 5.11 Å². The fourth-order valence-electron chi connectivity index (χ4n) is 2.07. The monoisotopic (exact) mass is 206 g/mol. The van der Waals surface area contributed by atoms with Crippen molar-refractivity contribution < 1.29 is 9.50 Å². The van der Waals surface area contributed by atoms with E-state index in [-0.39, 0.29) is 11.7 Å². The summed E-state index contributed by atoms with van der Waals surface area (Å²) in [5.74, 6) is -0.147. The SMILES string of the molecule is OC(c1ccccc1F)C1CC=CCC1. The van der Waals surface area contributed by atoms with Crippen LogP contribution in [0.2, 0.25) is 0 Å². The normalized spacial score (nSPS) is 22.7. The fourth-order valence-corrected chi connectivity index (χ4v) is 2.07. The van der Waals surface area contributed by atoms with Gasteiger partial charge in [0.25, 0.3) is 0 Å². The van der Waals surface area contributed by atoms with E-state index in [0.717, 1.165) is 19.3 Å². The zero-order chi connectivity index (χ0) is 10.7. The highest BCUT2D eigenvalue weighted by Gasteiger charge is 2.22. The average Bonchev–Trinajstić information content (AvgIpc) is 2.30. The van der Waals surface area contributed by atoms with E-state index in [1.807, 2.05) is 0 Å². The minimum atomic E-state index is -0.670. The second-order valence-electron chi connectivity index (χ2n) is 4.01. The van der Waals surface area contributed by atoms with Crippen LogP contribution < -0.4 is 0 Å². The Morgan fingerprint density at radius 3 is 2.73 bits per heavy atom. The minimum absolute atomic E-state index is 0.159. The molecular weight excluding hydrogens is 191 g/mol. The number of allylic oxidation sites excluding steroid dienone is 2. The maximum Gasteiger partial charge on any atom is 0.129 e. The third kappa shape index (κ3) is 2.26. The van der Waals surface area contributed by atoms with Gasteiger partial charge < -0.3 is 5.11 Å². The molecule has 2 unspecified atom stereocenters. The second-order valence-corrected chi connectivity index (χ2v) is 4.01. The van der Waals surface area contributed by atoms with Crippen LogP contribution in [0.4, 0.5) is 4.39 Å². The largest absolute Gasteiger partial charge is 0.388 e. The van der Waals surface area contributed by atoms with Gasteiger partial charge in [0.1, 0.15) is 5.82 Å². The highest BCUT2D eigenvalue weighted by molar-refractivity contribution is 5.20. The molecule has 1 aliphatic carbocycles. The summed E-state index contributed by atoms with van der Waals surface area (Å²) in [7, 11) is 0. The molecule has 15 heavy (non-hydrogen) atoms. The van der Waals surface area contributed by atoms with Gasteiger partial charge in [-0.15, -0.1) is 0 Å². The Morgan fingerprint density at radius 1 is 1.27 bits per heavy atom. The van der Waals surface area contributed by atoms with Crippen molar-refractivity contribution in [2.45, 2.75) is 25.4 Å². The van der Waals surface area contributed by atoms with Gasteiger partial charge in [0.2, 0.25) is 0 Å². The van der Waals surface area contributed by atoms with Crippen molar-refractivity contribution in [1.29, 1.82) is 0 Å². The molecule has 0 aliphatic heterocycles. The summed E-state index contributed by atoms with van der Waals surface area (Å²) in [4.78, 5) is 0. The Morgan fingerprint density at radius 2 is 2.07 bits per heavy atom. The van der Waals surface area contributed by atoms with Gasteiger partial charge in [0.05, 0.1) is 6.10 Å². The van der Waals surface area contributed by atoms with E-state index < -0.39 is 6.10 Å². The highest BCUT2D eigenvalue weighted by Crippen LogP contribution is 2.32. The minimum Gasteiger partial charge on any atom is -0.388 e. The van der Waals surface area contributed by atoms with Crippen molar-refractivity contribution in [1.82, 2.24) is 0 Å². The van der Waals surface area contributed by atoms with E-state index >= 15 is 0 Å². The lowest BCUT2D eigenvalue weighted by atomic mass is 9.86. The molecule has 0 bridgehead atoms. The molecule has 1 N–H and O–H groups in total. The molecule has 1 nitrogen and oxygen atoms in total. The Balaban J connectivity index is 2.16. The first kappa shape index (κ1) is 10.4. The second kappa shape index (κ2) is 4.58. The van der Waals surface area contributed by atoms with Gasteiger partial charge >= 0.3 is 0 Å². The van der Waals surface area contributed by atoms with E-state index in [1.54, 1.807) is 18.2 Å². The van der Waals surface area contributed by atoms with Crippen LogP contribution in [0.1, 0.15) is 30.9 Å². The molecule has 2 rings (SSSR count). The number of halogens is 1. The number of hydrogen-bond donors (Lipinski definition) is 1. The summed E-state index contributed by atoms with van der Waals surface area (Å²) < 4.78 is 13.4. The standard InChI is InChI=1S/C13H15FO/c14-12-9-5-4-8-11(12)13(15)10-6-2-1-3-7-10/h1-2,4-5,8-10,13,15H,3,6-7H2. The Labute approximate surface area is 89.3 Å². The average molecular weight is 206 g/mol. The third-order valence-corrected chi connectivity index (χ3v) is 2.98. The lowest BCUT2D eigenvalue weighted by Gasteiger charge is -2.24. The van der Waals surface area contributed by atoms with E-state index in [9.17, 15) is 9.50 Å². The van der Waals surface area contributed by atoms with Crippen LogP contribution >= 0.6 is 0 Å². The summed E-state index contributed by atoms with van der Waals surface area (Å²) in [6.45, 7) is 0. The smallest absolute Gasteiger partial charge is 0.129 e. The molecule has 0 radical (unpaired) electrons. The predicted octanol–water partition coefficient (Wildman–Crippen LogP) is 3.22. The van der Waals surface area contributed by atoms with Crippen LogP contribution in [0.15, 0.2) is 36.4 Å². The molecule has 0 amide bonds. The zero-order valence-electron chi connectivity index (χ0n) is 8.57. The number of rotatable bonds is 2. The van der Waals surface area contributed by atoms with Crippen LogP contribution in [0, 0.1) is 11.7 Å². The maximum atomic E-state index is 13.4. The van der Waals surface area contributed by atoms with Gasteiger partial charge in [-0.2, -0.15) is 0 Å². The van der Waals surface area contributed by atoms with Gasteiger partial charge in [0, 0.05) is 5.56 Å². The molecule has 0 saturated carbocycles. The van der Waals surface area contributed by atoms with Crippen molar-refractivity contribution in [2.24, 2.45) is 5.92 Å². The highest BCUT2D eigenvalue weighted by atomic mass is 19.1. The lowest BCUT2D eigenvalue weighted by Crippen LogP contribution is -2.15. The van der Waals surface area contributed by atoms with Crippen LogP contribution in [0.5, 0.6) is 0 Å². The molecule has 0 spiro atoms. The Kier molecular flexibility index (Phi) is 3.17. The zero-order valence-corrected chi connectivity index (χ0v) is 8.57. The fraction of sp³-hybridized carbons (Fsp3) is 0.385. The Bertz CT molecular complexity index is 359. The molecule has 2 heteroatoms. The van der Waals surface area contributed by atoms with Gasteiger partial charge in [-0.1, -0.05) is 30.4 Å². The van der Waals surface area contributed by atoms with Crippen molar-refractivity contribution in [3.63, 3.8) is 0 Å². The van der Waals surface area contributed by atoms with Crippen LogP contribution in [-0.2, 0) is 0 Å². The molecular formula is C13H15FO. The van der Waals surface area contributed by atoms with E-state index in [2.05, 4.69) is 12.2 Å². The van der Waals surface area contributed by atoms with Crippen molar-refractivity contribution >= 4 is 0 Å². The van der Waals surface area contributed by atoms with Crippen molar-refractivity contribution in [2.75, 3.05) is 0 Å². The number of aliphatic hydroxyl groups excluding tert-OH is 1. The summed E-state index contributed by atoms with van der Waals surface area (Å²) in [6.07, 6.45) is 6.27. The van der Waals surface area contributed by atoms with Gasteiger partial charge in [0.15, 0.2) is 0 Å². The van der Waals surface area contributed by atoms with E-state index in [1.165, 1.54) is 6.07 Å². The lowest BCUT2D eigenvalue weighted by molar-refractivity contribution is 0.0988. The number of aliphatic hydroxyl groups is 1. The molecule has 0 aromatic heterocycles. The maximum absolute atomic E-state index is 13.4. The summed E-state index contributed by atoms with van der Waals surface area (Å²) in [5, 5.41) is 10.1. The van der Waals surface area contributed by atoms with Gasteiger partial charge in [-0.3, -0.25) is 0 Å². The first-order valence-electron chi connectivity index (χ1n) is 5.36. The summed E-state index contributed by atoms with van der Waals surface area (Å²) in [5.41, 5.74) is 0.429. The van der Waals surface area contributed by atoms with Crippen molar-refractivity contribution in [3.8, 4) is 0 Å². The molecule has 0 saturated heterocycles. The molecule has 0 heterocycles.